The number of anilines is 1. The number of ether oxygens (including phenoxy) is 1. The van der Waals surface area contributed by atoms with E-state index in [-0.39, 0.29) is 80.7 Å². The number of nitrogens with one attached hydrogen (secondary N) is 2. The first-order valence-electron chi connectivity index (χ1n) is 28.3. The van der Waals surface area contributed by atoms with Crippen LogP contribution in [0, 0.1) is 34.5 Å². The Bertz CT molecular complexity index is 3550. The summed E-state index contributed by atoms with van der Waals surface area (Å²) in [5, 5.41) is 7.41. The largest absolute Gasteiger partial charge is 0.435 e. The average Bonchev–Trinajstić information content (AvgIpc) is 4.02. The highest BCUT2D eigenvalue weighted by Gasteiger charge is 2.41. The lowest BCUT2D eigenvalue weighted by Crippen LogP contribution is -2.42. The van der Waals surface area contributed by atoms with Crippen LogP contribution in [0.2, 0.25) is 0 Å². The molecule has 0 bridgehead atoms. The van der Waals surface area contributed by atoms with Crippen LogP contribution in [-0.4, -0.2) is 83.6 Å². The van der Waals surface area contributed by atoms with Crippen molar-refractivity contribution in [2.24, 2.45) is 34.8 Å². The van der Waals surface area contributed by atoms with Crippen LogP contribution in [0.3, 0.4) is 0 Å². The van der Waals surface area contributed by atoms with Crippen LogP contribution >= 0.6 is 7.75 Å². The van der Waals surface area contributed by atoms with Gasteiger partial charge in [0, 0.05) is 59.6 Å². The van der Waals surface area contributed by atoms with Crippen molar-refractivity contribution in [1.29, 1.82) is 0 Å². The minimum Gasteiger partial charge on any atom is -0.435 e. The zero-order chi connectivity index (χ0) is 57.7. The minimum absolute atomic E-state index is 0.0278. The summed E-state index contributed by atoms with van der Waals surface area (Å²) >= 11 is 0. The number of carbonyl (C=O) groups excluding carboxylic acids is 1. The van der Waals surface area contributed by atoms with Gasteiger partial charge in [-0.2, -0.15) is 8.61 Å². The molecule has 7 aromatic carbocycles. The normalized spacial score (nSPS) is 20.5. The molecule has 6 atom stereocenters. The number of rotatable bonds is 20. The molecule has 2 heterocycles. The fourth-order valence-corrected chi connectivity index (χ4v) is 18.1. The van der Waals surface area contributed by atoms with Crippen LogP contribution < -0.4 is 10.6 Å². The molecule has 2 saturated heterocycles. The Morgan fingerprint density at radius 1 is 0.610 bits per heavy atom. The fourth-order valence-electron chi connectivity index (χ4n) is 13.0. The third-order valence-electron chi connectivity index (χ3n) is 17.0. The van der Waals surface area contributed by atoms with Gasteiger partial charge in [0.05, 0.1) is 28.7 Å². The lowest BCUT2D eigenvalue weighted by atomic mass is 9.94. The van der Waals surface area contributed by atoms with Crippen LogP contribution in [0.25, 0.3) is 43.8 Å². The van der Waals surface area contributed by atoms with Gasteiger partial charge in [-0.15, -0.1) is 4.91 Å². The van der Waals surface area contributed by atoms with Crippen molar-refractivity contribution < 1.29 is 44.8 Å². The summed E-state index contributed by atoms with van der Waals surface area (Å²) in [5.41, 5.74) is 11.3. The Hall–Kier alpha value is -6.18. The molecule has 2 N–H and O–H groups in total. The lowest BCUT2D eigenvalue weighted by Gasteiger charge is -2.34. The first kappa shape index (κ1) is 57.6. The van der Waals surface area contributed by atoms with Crippen molar-refractivity contribution >= 4 is 66.7 Å². The van der Waals surface area contributed by atoms with E-state index in [4.69, 9.17) is 18.6 Å². The third kappa shape index (κ3) is 11.1. The summed E-state index contributed by atoms with van der Waals surface area (Å²) < 4.78 is 94.8. The van der Waals surface area contributed by atoms with Gasteiger partial charge in [-0.25, -0.2) is 31.3 Å². The molecule has 2 unspecified atom stereocenters. The van der Waals surface area contributed by atoms with Crippen LogP contribution in [0.5, 0.6) is 0 Å². The van der Waals surface area contributed by atoms with Gasteiger partial charge < -0.3 is 4.74 Å². The molecule has 19 heteroatoms. The van der Waals surface area contributed by atoms with Crippen LogP contribution in [0.4, 0.5) is 11.4 Å². The number of hydrogen-bond donors (Lipinski definition) is 2. The molecule has 2 fully saturated rings. The summed E-state index contributed by atoms with van der Waals surface area (Å²) in [7, 11) is -12.5. The molecule has 0 spiro atoms. The maximum atomic E-state index is 15.6. The third-order valence-corrected chi connectivity index (χ3v) is 22.2. The average molecular weight is 1170 g/mol. The molecule has 0 amide bonds. The van der Waals surface area contributed by atoms with Crippen molar-refractivity contribution in [2.75, 3.05) is 51.7 Å². The van der Waals surface area contributed by atoms with E-state index in [1.54, 1.807) is 12.1 Å². The Balaban J connectivity index is 0.887. The van der Waals surface area contributed by atoms with Crippen LogP contribution in [0.1, 0.15) is 94.9 Å². The van der Waals surface area contributed by atoms with E-state index < -0.39 is 52.5 Å². The van der Waals surface area contributed by atoms with Crippen molar-refractivity contribution in [1.82, 2.24) is 13.7 Å². The predicted octanol–water partition coefficient (Wildman–Crippen LogP) is 13.3. The van der Waals surface area contributed by atoms with Gasteiger partial charge >= 0.3 is 13.7 Å². The number of fused-ring (bicyclic) bond motifs is 8. The summed E-state index contributed by atoms with van der Waals surface area (Å²) in [6, 6.07) is 39.8. The van der Waals surface area contributed by atoms with Gasteiger partial charge in [-0.1, -0.05) is 157 Å². The molecule has 7 aromatic rings. The van der Waals surface area contributed by atoms with Crippen LogP contribution in [-0.2, 0) is 48.0 Å². The number of carbonyl (C=O) groups is 1. The Kier molecular flexibility index (Phi) is 16.5. The highest BCUT2D eigenvalue weighted by atomic mass is 32.2. The zero-order valence-electron chi connectivity index (χ0n) is 47.0. The number of nitrogens with zero attached hydrogens (tertiary/aromatic N) is 3. The second-order valence-electron chi connectivity index (χ2n) is 23.1. The number of piperidine rings is 2. The zero-order valence-corrected chi connectivity index (χ0v) is 49.5. The van der Waals surface area contributed by atoms with Gasteiger partial charge in [-0.3, -0.25) is 19.3 Å². The monoisotopic (exact) mass is 1170 g/mol. The summed E-state index contributed by atoms with van der Waals surface area (Å²) in [6.07, 6.45) is 2.24. The van der Waals surface area contributed by atoms with Crippen LogP contribution in [0.15, 0.2) is 148 Å². The smallest absolute Gasteiger partial charge is 0.406 e. The van der Waals surface area contributed by atoms with Crippen molar-refractivity contribution in [3.63, 3.8) is 0 Å². The van der Waals surface area contributed by atoms with Gasteiger partial charge in [0.25, 0.3) is 0 Å². The Labute approximate surface area is 480 Å². The molecule has 2 aliphatic heterocycles. The number of sulfonamides is 2. The molecule has 16 nitrogen and oxygen atoms in total. The first-order valence-corrected chi connectivity index (χ1v) is 32.8. The quantitative estimate of drug-likeness (QED) is 0.0139. The molecule has 2 aliphatic carbocycles. The highest BCUT2D eigenvalue weighted by Crippen LogP contribution is 2.53. The standard InChI is InChI=1S/C63H70N5O11PS2/c1-7-43(6)60(66-80(71,78-36-58-50-20-12-8-16-46(50)47-17-9-13-21-51(47)58)79-37-59-52-22-14-10-18-48(52)49-19-11-15-23-53(49)59)63(69)76-38-77-65-62-54-26-24-44(81(72,73)67-32-39(2)28-40(3)33-67)30-56(54)61(64-70)57-31-45(25-27-55(57)62)82(74,75)68-34-41(4)29-42(5)35-68/h8-27,30-31,39-43,58-60,65H,7,28-29,32-38H2,1-6H3,(H,66,71)/t39-,40+,41-,42+,43?,60?. The van der Waals surface area contributed by atoms with Gasteiger partial charge in [0.2, 0.25) is 26.8 Å². The second kappa shape index (κ2) is 23.5. The maximum Gasteiger partial charge on any atom is 0.406 e. The lowest BCUT2D eigenvalue weighted by molar-refractivity contribution is -0.157. The Morgan fingerprint density at radius 3 is 1.38 bits per heavy atom. The molecule has 0 saturated carbocycles. The first-order chi connectivity index (χ1) is 39.4. The molecule has 0 radical (unpaired) electrons. The molecule has 430 valence electrons. The molecule has 0 aromatic heterocycles. The van der Waals surface area contributed by atoms with E-state index in [1.807, 2.05) is 114 Å². The fraction of sp³-hybridized carbons (Fsp3) is 0.381. The SMILES string of the molecule is CCC(C)C(NP(=O)(OCC1c2ccccc2-c2ccccc21)OCC1c2ccccc2-c2ccccc21)C(=O)OCONc1c2ccc(S(=O)(=O)N3C[C@H](C)C[C@H](C)C3)cc2c(N=O)c2cc(S(=O)(=O)N3C[C@H](C)C[C@H](C)C3)ccc12. The van der Waals surface area contributed by atoms with Gasteiger partial charge in [0.1, 0.15) is 11.7 Å². The van der Waals surface area contributed by atoms with Gasteiger partial charge in [0.15, 0.2) is 0 Å². The van der Waals surface area contributed by atoms with E-state index in [2.05, 4.69) is 40.0 Å². The van der Waals surface area contributed by atoms with Crippen molar-refractivity contribution in [2.45, 2.75) is 88.5 Å². The Morgan fingerprint density at radius 2 is 1.00 bits per heavy atom. The van der Waals surface area contributed by atoms with E-state index in [9.17, 15) is 26.5 Å². The molecular weight excluding hydrogens is 1100 g/mol. The number of nitroso groups, excluding NO2 is 1. The number of esters is 1. The summed E-state index contributed by atoms with van der Waals surface area (Å²) in [4.78, 5) is 33.5. The molecule has 82 heavy (non-hydrogen) atoms. The molecule has 11 rings (SSSR count). The number of benzene rings is 7. The van der Waals surface area contributed by atoms with Gasteiger partial charge in [-0.05, 0) is 116 Å². The number of hydrogen-bond acceptors (Lipinski definition) is 13. The van der Waals surface area contributed by atoms with E-state index in [0.717, 1.165) is 57.3 Å². The highest BCUT2D eigenvalue weighted by molar-refractivity contribution is 7.89. The summed E-state index contributed by atoms with van der Waals surface area (Å²) in [5.74, 6) is -1.32. The second-order valence-corrected chi connectivity index (χ2v) is 28.8. The molecule has 4 aliphatic rings. The minimum atomic E-state index is -4.40. The van der Waals surface area contributed by atoms with E-state index in [0.29, 0.717) is 43.4 Å². The van der Waals surface area contributed by atoms with Crippen molar-refractivity contribution in [3.05, 3.63) is 161 Å². The summed E-state index contributed by atoms with van der Waals surface area (Å²) in [6.45, 7) is 12.4. The maximum absolute atomic E-state index is 15.6. The molecular formula is C63H70N5O11PS2. The van der Waals surface area contributed by atoms with E-state index in [1.165, 1.54) is 32.9 Å². The van der Waals surface area contributed by atoms with E-state index >= 15 is 4.57 Å². The van der Waals surface area contributed by atoms with Crippen molar-refractivity contribution in [3.8, 4) is 22.3 Å². The topological polar surface area (TPSA) is 199 Å². The predicted molar refractivity (Wildman–Crippen MR) is 319 cm³/mol.